The number of nitrogens with two attached hydrogens (primary N) is 1. The van der Waals surface area contributed by atoms with Gasteiger partial charge in [-0.3, -0.25) is 4.79 Å². The van der Waals surface area contributed by atoms with Gasteiger partial charge in [0.1, 0.15) is 0 Å². The number of carbonyl (C=O) groups excluding carboxylic acids is 1. The molecule has 0 aliphatic heterocycles. The van der Waals surface area contributed by atoms with E-state index in [4.69, 9.17) is 5.73 Å². The molecule has 0 spiro atoms. The molecule has 0 aliphatic rings. The van der Waals surface area contributed by atoms with Gasteiger partial charge in [0.15, 0.2) is 0 Å². The molecule has 0 aromatic heterocycles. The first-order valence-electron chi connectivity index (χ1n) is 2.68. The largest absolute Gasteiger partial charge is 0.323 e. The van der Waals surface area contributed by atoms with Crippen LogP contribution < -0.4 is 11.2 Å². The lowest BCUT2D eigenvalue weighted by atomic mass is 10.4. The first-order chi connectivity index (χ1) is 4.13. The molecule has 0 bridgehead atoms. The Morgan fingerprint density at radius 1 is 1.89 bits per heavy atom. The molecule has 4 heteroatoms. The minimum absolute atomic E-state index is 0.114. The summed E-state index contributed by atoms with van der Waals surface area (Å²) < 4.78 is 0. The number of amides is 1. The van der Waals surface area contributed by atoms with E-state index in [1.165, 1.54) is 13.1 Å². The smallest absolute Gasteiger partial charge is 0.236 e. The Kier molecular flexibility index (Phi) is 3.62. The summed E-state index contributed by atoms with van der Waals surface area (Å²) in [5, 5.41) is 3.52. The number of carbonyl (C=O) groups is 1. The van der Waals surface area contributed by atoms with Crippen LogP contribution in [0.1, 0.15) is 13.8 Å². The molecule has 0 heterocycles. The van der Waals surface area contributed by atoms with Crippen molar-refractivity contribution in [3.05, 3.63) is 0 Å². The molecule has 1 unspecified atom stereocenters. The summed E-state index contributed by atoms with van der Waals surface area (Å²) >= 11 is 0. The minimum atomic E-state index is -0.188. The molecule has 0 saturated heterocycles. The van der Waals surface area contributed by atoms with Gasteiger partial charge in [0.25, 0.3) is 0 Å². The molecule has 9 heavy (non-hydrogen) atoms. The second-order valence-electron chi connectivity index (χ2n) is 1.81. The number of rotatable bonds is 2. The van der Waals surface area contributed by atoms with Crippen molar-refractivity contribution in [3.63, 3.8) is 0 Å². The molecule has 3 N–H and O–H groups in total. The first kappa shape index (κ1) is 8.10. The zero-order valence-electron chi connectivity index (χ0n) is 5.59. The van der Waals surface area contributed by atoms with E-state index in [1.54, 1.807) is 6.92 Å². The Balaban J connectivity index is 3.36. The summed E-state index contributed by atoms with van der Waals surface area (Å²) in [5.74, 6) is -0.188. The van der Waals surface area contributed by atoms with Crippen molar-refractivity contribution >= 4 is 12.1 Å². The molecular formula is C5H11N3O. The molecule has 0 aliphatic carbocycles. The van der Waals surface area contributed by atoms with Gasteiger partial charge in [-0.25, -0.2) is 5.43 Å². The lowest BCUT2D eigenvalue weighted by Gasteiger charge is -1.93. The topological polar surface area (TPSA) is 67.5 Å². The number of hydrogen-bond donors (Lipinski definition) is 2. The zero-order chi connectivity index (χ0) is 7.28. The summed E-state index contributed by atoms with van der Waals surface area (Å²) in [6, 6.07) is -0.114. The zero-order valence-corrected chi connectivity index (χ0v) is 5.59. The fraction of sp³-hybridized carbons (Fsp3) is 0.600. The van der Waals surface area contributed by atoms with Crippen molar-refractivity contribution in [2.24, 2.45) is 10.8 Å². The molecule has 0 aromatic carbocycles. The third-order valence-corrected chi connectivity index (χ3v) is 0.532. The second kappa shape index (κ2) is 4.03. The van der Waals surface area contributed by atoms with Gasteiger partial charge < -0.3 is 5.73 Å². The maximum atomic E-state index is 10.2. The predicted octanol–water partition coefficient (Wildman–Crippen LogP) is -0.544. The summed E-state index contributed by atoms with van der Waals surface area (Å²) in [4.78, 5) is 10.2. The molecule has 0 fully saturated rings. The lowest BCUT2D eigenvalue weighted by Crippen LogP contribution is -2.20. The van der Waals surface area contributed by atoms with E-state index < -0.39 is 0 Å². The Labute approximate surface area is 54.1 Å². The van der Waals surface area contributed by atoms with Crippen molar-refractivity contribution in [2.45, 2.75) is 19.9 Å². The van der Waals surface area contributed by atoms with E-state index in [0.717, 1.165) is 0 Å². The Bertz CT molecular complexity index is 119. The third kappa shape index (κ3) is 7.10. The van der Waals surface area contributed by atoms with Crippen LogP contribution in [-0.4, -0.2) is 18.2 Å². The molecular weight excluding hydrogens is 118 g/mol. The normalized spacial score (nSPS) is 13.7. The Morgan fingerprint density at radius 2 is 2.44 bits per heavy atom. The Morgan fingerprint density at radius 3 is 2.78 bits per heavy atom. The van der Waals surface area contributed by atoms with Gasteiger partial charge in [0.2, 0.25) is 5.91 Å². The van der Waals surface area contributed by atoms with E-state index in [-0.39, 0.29) is 11.9 Å². The number of nitrogens with one attached hydrogen (secondary N) is 1. The van der Waals surface area contributed by atoms with Gasteiger partial charge in [-0.05, 0) is 6.92 Å². The molecule has 52 valence electrons. The third-order valence-electron chi connectivity index (χ3n) is 0.532. The monoisotopic (exact) mass is 129 g/mol. The van der Waals surface area contributed by atoms with Crippen LogP contribution in [0, 0.1) is 0 Å². The summed E-state index contributed by atoms with van der Waals surface area (Å²) in [6.45, 7) is 3.16. The molecule has 1 atom stereocenters. The molecule has 4 nitrogen and oxygen atoms in total. The van der Waals surface area contributed by atoms with E-state index in [0.29, 0.717) is 0 Å². The number of hydrazone groups is 1. The number of nitrogens with zero attached hydrogens (tertiary/aromatic N) is 1. The van der Waals surface area contributed by atoms with Gasteiger partial charge >= 0.3 is 0 Å². The molecule has 1 amide bonds. The van der Waals surface area contributed by atoms with E-state index in [9.17, 15) is 4.79 Å². The summed E-state index contributed by atoms with van der Waals surface area (Å²) in [6.07, 6.45) is 1.46. The van der Waals surface area contributed by atoms with E-state index in [1.807, 2.05) is 0 Å². The summed E-state index contributed by atoms with van der Waals surface area (Å²) in [5.41, 5.74) is 7.51. The Hall–Kier alpha value is -0.900. The lowest BCUT2D eigenvalue weighted by molar-refractivity contribution is -0.118. The van der Waals surface area contributed by atoms with E-state index >= 15 is 0 Å². The highest BCUT2D eigenvalue weighted by molar-refractivity contribution is 5.74. The molecule has 0 aromatic rings. The van der Waals surface area contributed by atoms with Crippen LogP contribution in [0.15, 0.2) is 5.10 Å². The van der Waals surface area contributed by atoms with Crippen molar-refractivity contribution in [1.82, 2.24) is 5.43 Å². The average Bonchev–Trinajstić information content (AvgIpc) is 1.63. The van der Waals surface area contributed by atoms with Gasteiger partial charge in [0.05, 0.1) is 0 Å². The van der Waals surface area contributed by atoms with Gasteiger partial charge in [-0.1, -0.05) is 0 Å². The summed E-state index contributed by atoms with van der Waals surface area (Å²) in [7, 11) is 0. The molecule has 0 saturated carbocycles. The van der Waals surface area contributed by atoms with Crippen molar-refractivity contribution < 1.29 is 4.79 Å². The van der Waals surface area contributed by atoms with Crippen molar-refractivity contribution in [1.29, 1.82) is 0 Å². The first-order valence-corrected chi connectivity index (χ1v) is 2.68. The van der Waals surface area contributed by atoms with Crippen molar-refractivity contribution in [2.75, 3.05) is 0 Å². The van der Waals surface area contributed by atoms with Gasteiger partial charge in [-0.15, -0.1) is 0 Å². The van der Waals surface area contributed by atoms with Gasteiger partial charge in [-0.2, -0.15) is 5.10 Å². The van der Waals surface area contributed by atoms with Crippen LogP contribution in [0.4, 0.5) is 0 Å². The predicted molar refractivity (Wildman–Crippen MR) is 36.0 cm³/mol. The molecule has 0 radical (unpaired) electrons. The maximum Gasteiger partial charge on any atom is 0.236 e. The van der Waals surface area contributed by atoms with Crippen LogP contribution in [-0.2, 0) is 4.79 Å². The fourth-order valence-electron chi connectivity index (χ4n) is 0.246. The van der Waals surface area contributed by atoms with Crippen LogP contribution in [0.3, 0.4) is 0 Å². The second-order valence-corrected chi connectivity index (χ2v) is 1.81. The number of hydrogen-bond acceptors (Lipinski definition) is 3. The fourth-order valence-corrected chi connectivity index (χ4v) is 0.246. The van der Waals surface area contributed by atoms with Crippen LogP contribution in [0.2, 0.25) is 0 Å². The highest BCUT2D eigenvalue weighted by atomic mass is 16.2. The van der Waals surface area contributed by atoms with Crippen LogP contribution >= 0.6 is 0 Å². The van der Waals surface area contributed by atoms with E-state index in [2.05, 4.69) is 10.5 Å². The quantitative estimate of drug-likeness (QED) is 0.388. The average molecular weight is 129 g/mol. The molecule has 0 rings (SSSR count). The van der Waals surface area contributed by atoms with Gasteiger partial charge in [0, 0.05) is 19.2 Å². The SMILES string of the molecule is CC(=O)NN=CC(C)N. The maximum absolute atomic E-state index is 10.2. The van der Waals surface area contributed by atoms with Crippen LogP contribution in [0.5, 0.6) is 0 Å². The highest BCUT2D eigenvalue weighted by Gasteiger charge is 1.85. The van der Waals surface area contributed by atoms with Crippen LogP contribution in [0.25, 0.3) is 0 Å². The standard InChI is InChI=1S/C5H11N3O/c1-4(6)3-7-8-5(2)9/h3-4H,6H2,1-2H3,(H,8,9). The van der Waals surface area contributed by atoms with Crippen molar-refractivity contribution in [3.8, 4) is 0 Å². The minimum Gasteiger partial charge on any atom is -0.323 e. The highest BCUT2D eigenvalue weighted by Crippen LogP contribution is 1.65.